The molecule has 0 bridgehead atoms. The number of rotatable bonds is 8. The summed E-state index contributed by atoms with van der Waals surface area (Å²) in [4.78, 5) is 28.4. The Labute approximate surface area is 227 Å². The summed E-state index contributed by atoms with van der Waals surface area (Å²) in [5, 5.41) is 11.4. The van der Waals surface area contributed by atoms with Crippen LogP contribution in [0.25, 0.3) is 11.1 Å². The van der Waals surface area contributed by atoms with Crippen molar-refractivity contribution in [3.63, 3.8) is 0 Å². The Bertz CT molecular complexity index is 1420. The summed E-state index contributed by atoms with van der Waals surface area (Å²) in [6, 6.07) is 29.4. The number of aliphatic hydroxyl groups is 1. The fourth-order valence-electron chi connectivity index (χ4n) is 5.00. The summed E-state index contributed by atoms with van der Waals surface area (Å²) in [5.74, 6) is -0.579. The van der Waals surface area contributed by atoms with Crippen LogP contribution in [-0.2, 0) is 20.9 Å². The highest BCUT2D eigenvalue weighted by Gasteiger charge is 2.57. The first-order valence-corrected chi connectivity index (χ1v) is 12.8. The second-order valence-corrected chi connectivity index (χ2v) is 10.3. The molecule has 5 rings (SSSR count). The van der Waals surface area contributed by atoms with Crippen LogP contribution >= 0.6 is 0 Å². The van der Waals surface area contributed by atoms with Gasteiger partial charge in [0, 0.05) is 0 Å². The zero-order valence-electron chi connectivity index (χ0n) is 22.1. The molecule has 39 heavy (non-hydrogen) atoms. The van der Waals surface area contributed by atoms with Gasteiger partial charge in [0.2, 0.25) is 0 Å². The monoisotopic (exact) mass is 525 g/mol. The Hall–Kier alpha value is -4.20. The minimum absolute atomic E-state index is 0.0113. The van der Waals surface area contributed by atoms with E-state index in [1.54, 1.807) is 26.0 Å². The van der Waals surface area contributed by atoms with Crippen molar-refractivity contribution in [3.05, 3.63) is 120 Å². The van der Waals surface area contributed by atoms with E-state index in [0.29, 0.717) is 0 Å². The molecule has 0 unspecified atom stereocenters. The molecule has 4 aromatic rings. The summed E-state index contributed by atoms with van der Waals surface area (Å²) in [6.45, 7) is 5.00. The van der Waals surface area contributed by atoms with Gasteiger partial charge in [-0.2, -0.15) is 0 Å². The molecule has 1 aromatic heterocycles. The summed E-state index contributed by atoms with van der Waals surface area (Å²) in [6.07, 6.45) is -0.879. The molecule has 0 spiro atoms. The molecule has 1 aliphatic rings. The van der Waals surface area contributed by atoms with Gasteiger partial charge in [-0.1, -0.05) is 84.9 Å². The van der Waals surface area contributed by atoms with Crippen LogP contribution in [0.5, 0.6) is 0 Å². The highest BCUT2D eigenvalue weighted by atomic mass is 16.6. The lowest BCUT2D eigenvalue weighted by molar-refractivity contribution is -0.176. The molecule has 2 heterocycles. The molecule has 1 fully saturated rings. The molecule has 3 aromatic carbocycles. The Kier molecular flexibility index (Phi) is 7.12. The highest BCUT2D eigenvalue weighted by Crippen LogP contribution is 2.44. The van der Waals surface area contributed by atoms with Crippen molar-refractivity contribution < 1.29 is 28.6 Å². The zero-order chi connectivity index (χ0) is 27.6. The van der Waals surface area contributed by atoms with Gasteiger partial charge in [0.25, 0.3) is 5.91 Å². The Morgan fingerprint density at radius 1 is 0.949 bits per heavy atom. The summed E-state index contributed by atoms with van der Waals surface area (Å²) < 4.78 is 17.3. The van der Waals surface area contributed by atoms with E-state index in [1.165, 1.54) is 13.2 Å². The second kappa shape index (κ2) is 10.5. The predicted molar refractivity (Wildman–Crippen MR) is 145 cm³/mol. The van der Waals surface area contributed by atoms with E-state index >= 15 is 0 Å². The number of amides is 2. The van der Waals surface area contributed by atoms with Gasteiger partial charge in [-0.15, -0.1) is 0 Å². The van der Waals surface area contributed by atoms with Crippen molar-refractivity contribution in [2.45, 2.75) is 50.7 Å². The standard InChI is InChI=1S/C32H31NO6/c1-31(2)27(25-13-8-5-9-14-25)33(30(36)39-31)29(35)32(3,28(34)26-15-10-20-37-26)38-21-22-16-18-24(19-17-22)23-11-6-4-7-12-23/h4-20,27-28,34H,21H2,1-3H3/t27-,28-,32-/m0/s1. The van der Waals surface area contributed by atoms with E-state index in [4.69, 9.17) is 13.9 Å². The summed E-state index contributed by atoms with van der Waals surface area (Å²) in [5.41, 5.74) is 0.777. The number of hydrogen-bond donors (Lipinski definition) is 1. The van der Waals surface area contributed by atoms with Crippen molar-refractivity contribution in [1.82, 2.24) is 4.90 Å². The predicted octanol–water partition coefficient (Wildman–Crippen LogP) is 6.45. The van der Waals surface area contributed by atoms with E-state index in [0.717, 1.165) is 27.2 Å². The van der Waals surface area contributed by atoms with Crippen LogP contribution in [0, 0.1) is 0 Å². The van der Waals surface area contributed by atoms with Gasteiger partial charge in [-0.25, -0.2) is 9.69 Å². The molecule has 1 saturated heterocycles. The van der Waals surface area contributed by atoms with E-state index in [2.05, 4.69) is 0 Å². The lowest BCUT2D eigenvalue weighted by Crippen LogP contribution is -2.54. The smallest absolute Gasteiger partial charge is 0.417 e. The Morgan fingerprint density at radius 2 is 1.56 bits per heavy atom. The molecule has 0 radical (unpaired) electrons. The quantitative estimate of drug-likeness (QED) is 0.284. The molecule has 2 amide bonds. The average Bonchev–Trinajstić information content (AvgIpc) is 3.57. The molecule has 3 atom stereocenters. The first-order chi connectivity index (χ1) is 18.7. The van der Waals surface area contributed by atoms with Crippen LogP contribution < -0.4 is 0 Å². The number of hydrogen-bond acceptors (Lipinski definition) is 6. The topological polar surface area (TPSA) is 89.2 Å². The minimum atomic E-state index is -1.87. The largest absolute Gasteiger partial charge is 0.466 e. The average molecular weight is 526 g/mol. The maximum atomic E-state index is 14.2. The molecular weight excluding hydrogens is 494 g/mol. The van der Waals surface area contributed by atoms with Crippen LogP contribution in [-0.4, -0.2) is 33.2 Å². The van der Waals surface area contributed by atoms with Crippen molar-refractivity contribution in [3.8, 4) is 11.1 Å². The van der Waals surface area contributed by atoms with Gasteiger partial charge >= 0.3 is 6.09 Å². The van der Waals surface area contributed by atoms with Crippen LogP contribution in [0.1, 0.15) is 49.8 Å². The number of carbonyl (C=O) groups excluding carboxylic acids is 2. The molecule has 1 aliphatic heterocycles. The molecule has 1 N–H and O–H groups in total. The lowest BCUT2D eigenvalue weighted by Gasteiger charge is -2.37. The van der Waals surface area contributed by atoms with Gasteiger partial charge in [0.1, 0.15) is 23.5 Å². The number of carbonyl (C=O) groups is 2. The first-order valence-electron chi connectivity index (χ1n) is 12.8. The number of benzene rings is 3. The minimum Gasteiger partial charge on any atom is -0.466 e. The normalized spacial score (nSPS) is 18.8. The maximum Gasteiger partial charge on any atom is 0.417 e. The number of imide groups is 1. The molecule has 7 nitrogen and oxygen atoms in total. The van der Waals surface area contributed by atoms with Crippen LogP contribution in [0.4, 0.5) is 4.79 Å². The Balaban J connectivity index is 1.46. The zero-order valence-corrected chi connectivity index (χ0v) is 22.1. The van der Waals surface area contributed by atoms with Gasteiger partial charge in [0.05, 0.1) is 12.9 Å². The molecule has 200 valence electrons. The van der Waals surface area contributed by atoms with Gasteiger partial charge in [-0.05, 0) is 55.2 Å². The highest BCUT2D eigenvalue weighted by molar-refractivity contribution is 5.99. The second-order valence-electron chi connectivity index (χ2n) is 10.3. The van der Waals surface area contributed by atoms with Gasteiger partial charge < -0.3 is 19.0 Å². The van der Waals surface area contributed by atoms with Crippen LogP contribution in [0.2, 0.25) is 0 Å². The van der Waals surface area contributed by atoms with Gasteiger partial charge in [-0.3, -0.25) is 4.79 Å². The third-order valence-electron chi connectivity index (χ3n) is 7.16. The molecule has 0 aliphatic carbocycles. The van der Waals surface area contributed by atoms with E-state index in [1.807, 2.05) is 84.9 Å². The van der Waals surface area contributed by atoms with Crippen molar-refractivity contribution in [2.75, 3.05) is 0 Å². The number of cyclic esters (lactones) is 1. The third kappa shape index (κ3) is 5.11. The lowest BCUT2D eigenvalue weighted by atomic mass is 9.88. The molecule has 0 saturated carbocycles. The SMILES string of the molecule is CC1(C)OC(=O)N(C(=O)[C@@](C)(OCc2ccc(-c3ccccc3)cc2)[C@@H](O)c2ccco2)[C@H]1c1ccccc1. The van der Waals surface area contributed by atoms with E-state index in [9.17, 15) is 14.7 Å². The first kappa shape index (κ1) is 26.4. The van der Waals surface area contributed by atoms with E-state index in [-0.39, 0.29) is 12.4 Å². The fourth-order valence-corrected chi connectivity index (χ4v) is 5.00. The summed E-state index contributed by atoms with van der Waals surface area (Å²) in [7, 11) is 0. The van der Waals surface area contributed by atoms with Crippen molar-refractivity contribution >= 4 is 12.0 Å². The van der Waals surface area contributed by atoms with Crippen LogP contribution in [0.15, 0.2) is 108 Å². The van der Waals surface area contributed by atoms with E-state index < -0.39 is 35.3 Å². The summed E-state index contributed by atoms with van der Waals surface area (Å²) >= 11 is 0. The molecular formula is C32H31NO6. The van der Waals surface area contributed by atoms with Gasteiger partial charge in [0.15, 0.2) is 5.60 Å². The Morgan fingerprint density at radius 3 is 2.18 bits per heavy atom. The van der Waals surface area contributed by atoms with Crippen molar-refractivity contribution in [1.29, 1.82) is 0 Å². The maximum absolute atomic E-state index is 14.2. The van der Waals surface area contributed by atoms with Crippen LogP contribution in [0.3, 0.4) is 0 Å². The number of ether oxygens (including phenoxy) is 2. The van der Waals surface area contributed by atoms with Crippen molar-refractivity contribution in [2.24, 2.45) is 0 Å². The fraction of sp³-hybridized carbons (Fsp3) is 0.250. The number of furan rings is 1. The number of nitrogens with zero attached hydrogens (tertiary/aromatic N) is 1. The number of aliphatic hydroxyl groups excluding tert-OH is 1. The third-order valence-corrected chi connectivity index (χ3v) is 7.16. The molecule has 7 heteroatoms.